The number of carboxylic acids is 1. The molecule has 2 aliphatic rings. The molecule has 3 amide bonds. The lowest BCUT2D eigenvalue weighted by molar-refractivity contribution is -0.149. The molecule has 0 saturated carbocycles. The molecule has 2 fully saturated rings. The number of carbonyl (C=O) groups excluding carboxylic acids is 3. The second kappa shape index (κ2) is 9.03. The summed E-state index contributed by atoms with van der Waals surface area (Å²) in [7, 11) is 0. The molecule has 11 nitrogen and oxygen atoms in total. The van der Waals surface area contributed by atoms with Crippen LogP contribution in [0, 0.1) is 0 Å². The fourth-order valence-electron chi connectivity index (χ4n) is 4.03. The van der Waals surface area contributed by atoms with Gasteiger partial charge in [-0.05, 0) is 25.7 Å². The van der Waals surface area contributed by atoms with E-state index in [1.807, 2.05) is 0 Å². The summed E-state index contributed by atoms with van der Waals surface area (Å²) in [6.45, 7) is 0.585. The first-order valence-corrected chi connectivity index (χ1v) is 9.72. The van der Waals surface area contributed by atoms with Crippen LogP contribution in [0.1, 0.15) is 31.4 Å². The molecule has 0 aromatic carbocycles. The van der Waals surface area contributed by atoms with Crippen LogP contribution in [0.25, 0.3) is 0 Å². The van der Waals surface area contributed by atoms with Crippen LogP contribution >= 0.6 is 0 Å². The number of hydrogen-bond donors (Lipinski definition) is 4. The number of carboxylic acid groups (broad SMARTS) is 1. The lowest BCUT2D eigenvalue weighted by atomic mass is 10.1. The Bertz CT molecular complexity index is 767. The second-order valence-corrected chi connectivity index (χ2v) is 7.32. The Balaban J connectivity index is 1.76. The average Bonchev–Trinajstić information content (AvgIpc) is 3.46. The van der Waals surface area contributed by atoms with Crippen LogP contribution < -0.4 is 11.1 Å². The number of amides is 3. The van der Waals surface area contributed by atoms with Crippen molar-refractivity contribution in [3.05, 3.63) is 18.2 Å². The van der Waals surface area contributed by atoms with Crippen molar-refractivity contribution in [1.29, 1.82) is 0 Å². The molecule has 0 spiro atoms. The minimum Gasteiger partial charge on any atom is -0.480 e. The molecule has 0 aliphatic carbocycles. The van der Waals surface area contributed by atoms with Gasteiger partial charge in [0.2, 0.25) is 17.7 Å². The highest BCUT2D eigenvalue weighted by Crippen LogP contribution is 2.21. The van der Waals surface area contributed by atoms with Gasteiger partial charge in [-0.1, -0.05) is 0 Å². The molecule has 11 heteroatoms. The zero-order valence-corrected chi connectivity index (χ0v) is 16.0. The number of H-pyrrole nitrogens is 1. The van der Waals surface area contributed by atoms with E-state index in [2.05, 4.69) is 15.3 Å². The molecule has 29 heavy (non-hydrogen) atoms. The fraction of sp³-hybridized carbons (Fsp3) is 0.611. The Kier molecular flexibility index (Phi) is 6.47. The Labute approximate surface area is 167 Å². The number of likely N-dealkylation sites (tertiary alicyclic amines) is 2. The SMILES string of the molecule is NCC(=O)N1CCCC1C(=O)NC(Cc1cnc[nH]1)C(=O)N1CCCC1C(=O)O. The summed E-state index contributed by atoms with van der Waals surface area (Å²) in [6, 6.07) is -2.54. The van der Waals surface area contributed by atoms with Gasteiger partial charge in [0.05, 0.1) is 12.9 Å². The number of nitrogens with one attached hydrogen (secondary N) is 2. The molecule has 2 saturated heterocycles. The Morgan fingerprint density at radius 2 is 1.90 bits per heavy atom. The molecule has 0 radical (unpaired) electrons. The number of aromatic nitrogens is 2. The highest BCUT2D eigenvalue weighted by molar-refractivity contribution is 5.94. The standard InChI is InChI=1S/C18H26N6O5/c19-8-15(25)23-5-1-3-13(23)16(26)22-12(7-11-9-20-10-21-11)17(27)24-6-2-4-14(24)18(28)29/h9-10,12-14H,1-8,19H2,(H,20,21)(H,22,26)(H,28,29). The molecule has 3 atom stereocenters. The van der Waals surface area contributed by atoms with Gasteiger partial charge in [-0.3, -0.25) is 14.4 Å². The van der Waals surface area contributed by atoms with Crippen molar-refractivity contribution in [2.24, 2.45) is 5.73 Å². The van der Waals surface area contributed by atoms with Crippen molar-refractivity contribution in [3.63, 3.8) is 0 Å². The maximum absolute atomic E-state index is 13.1. The van der Waals surface area contributed by atoms with Crippen LogP contribution in [0.2, 0.25) is 0 Å². The normalized spacial score (nSPS) is 22.5. The predicted molar refractivity (Wildman–Crippen MR) is 100 cm³/mol. The Morgan fingerprint density at radius 3 is 2.52 bits per heavy atom. The van der Waals surface area contributed by atoms with Crippen molar-refractivity contribution in [3.8, 4) is 0 Å². The highest BCUT2D eigenvalue weighted by atomic mass is 16.4. The number of aliphatic carboxylic acids is 1. The Morgan fingerprint density at radius 1 is 1.21 bits per heavy atom. The largest absolute Gasteiger partial charge is 0.480 e. The number of nitrogens with two attached hydrogens (primary N) is 1. The summed E-state index contributed by atoms with van der Waals surface area (Å²) < 4.78 is 0. The number of rotatable bonds is 7. The number of hydrogen-bond acceptors (Lipinski definition) is 6. The third-order valence-electron chi connectivity index (χ3n) is 5.46. The molecule has 2 aliphatic heterocycles. The molecule has 0 bridgehead atoms. The molecule has 1 aromatic heterocycles. The molecule has 3 unspecified atom stereocenters. The summed E-state index contributed by atoms with van der Waals surface area (Å²) >= 11 is 0. The molecular weight excluding hydrogens is 380 g/mol. The van der Waals surface area contributed by atoms with Gasteiger partial charge in [0, 0.05) is 31.4 Å². The van der Waals surface area contributed by atoms with E-state index >= 15 is 0 Å². The third kappa shape index (κ3) is 4.56. The molecule has 1 aromatic rings. The van der Waals surface area contributed by atoms with Gasteiger partial charge in [0.25, 0.3) is 0 Å². The smallest absolute Gasteiger partial charge is 0.326 e. The lowest BCUT2D eigenvalue weighted by Gasteiger charge is -2.29. The first-order valence-electron chi connectivity index (χ1n) is 9.72. The van der Waals surface area contributed by atoms with E-state index in [4.69, 9.17) is 5.73 Å². The quantitative estimate of drug-likeness (QED) is 0.427. The first kappa shape index (κ1) is 20.8. The van der Waals surface area contributed by atoms with Gasteiger partial charge < -0.3 is 30.9 Å². The van der Waals surface area contributed by atoms with E-state index in [1.54, 1.807) is 6.20 Å². The summed E-state index contributed by atoms with van der Waals surface area (Å²) in [5, 5.41) is 12.1. The first-order chi connectivity index (χ1) is 13.9. The van der Waals surface area contributed by atoms with Gasteiger partial charge in [-0.25, -0.2) is 9.78 Å². The van der Waals surface area contributed by atoms with Crippen LogP contribution in [-0.4, -0.2) is 86.3 Å². The maximum Gasteiger partial charge on any atom is 0.326 e. The van der Waals surface area contributed by atoms with Crippen LogP contribution in [0.5, 0.6) is 0 Å². The summed E-state index contributed by atoms with van der Waals surface area (Å²) in [5.41, 5.74) is 6.07. The number of nitrogens with zero attached hydrogens (tertiary/aromatic N) is 3. The number of aromatic amines is 1. The zero-order valence-electron chi connectivity index (χ0n) is 16.0. The molecule has 158 valence electrons. The highest BCUT2D eigenvalue weighted by Gasteiger charge is 2.40. The summed E-state index contributed by atoms with van der Waals surface area (Å²) in [5.74, 6) is -2.26. The van der Waals surface area contributed by atoms with E-state index in [0.29, 0.717) is 44.5 Å². The molecule has 3 heterocycles. The van der Waals surface area contributed by atoms with Gasteiger partial charge in [0.1, 0.15) is 18.1 Å². The van der Waals surface area contributed by atoms with Crippen molar-refractivity contribution < 1.29 is 24.3 Å². The minimum absolute atomic E-state index is 0.144. The summed E-state index contributed by atoms with van der Waals surface area (Å²) in [6.07, 6.45) is 5.30. The van der Waals surface area contributed by atoms with E-state index in [-0.39, 0.29) is 18.9 Å². The average molecular weight is 406 g/mol. The van der Waals surface area contributed by atoms with Crippen molar-refractivity contribution in [2.75, 3.05) is 19.6 Å². The molecular formula is C18H26N6O5. The predicted octanol–water partition coefficient (Wildman–Crippen LogP) is -1.54. The van der Waals surface area contributed by atoms with Crippen molar-refractivity contribution in [2.45, 2.75) is 50.2 Å². The number of carbonyl (C=O) groups is 4. The lowest BCUT2D eigenvalue weighted by Crippen LogP contribution is -2.56. The van der Waals surface area contributed by atoms with E-state index in [9.17, 15) is 24.3 Å². The van der Waals surface area contributed by atoms with Gasteiger partial charge in [-0.2, -0.15) is 0 Å². The minimum atomic E-state index is -1.06. The van der Waals surface area contributed by atoms with Crippen LogP contribution in [0.4, 0.5) is 0 Å². The van der Waals surface area contributed by atoms with Crippen LogP contribution in [-0.2, 0) is 25.6 Å². The summed E-state index contributed by atoms with van der Waals surface area (Å²) in [4.78, 5) is 59.1. The van der Waals surface area contributed by atoms with E-state index < -0.39 is 35.9 Å². The van der Waals surface area contributed by atoms with Gasteiger partial charge in [-0.15, -0.1) is 0 Å². The van der Waals surface area contributed by atoms with E-state index in [0.717, 1.165) is 0 Å². The monoisotopic (exact) mass is 406 g/mol. The topological polar surface area (TPSA) is 162 Å². The zero-order chi connectivity index (χ0) is 21.0. The fourth-order valence-corrected chi connectivity index (χ4v) is 4.03. The van der Waals surface area contributed by atoms with Gasteiger partial charge >= 0.3 is 5.97 Å². The van der Waals surface area contributed by atoms with Crippen molar-refractivity contribution >= 4 is 23.7 Å². The third-order valence-corrected chi connectivity index (χ3v) is 5.46. The van der Waals surface area contributed by atoms with E-state index in [1.165, 1.54) is 16.1 Å². The maximum atomic E-state index is 13.1. The van der Waals surface area contributed by atoms with Crippen molar-refractivity contribution in [1.82, 2.24) is 25.1 Å². The Hall–Kier alpha value is -2.95. The number of imidazole rings is 1. The van der Waals surface area contributed by atoms with Crippen LogP contribution in [0.3, 0.4) is 0 Å². The second-order valence-electron chi connectivity index (χ2n) is 7.32. The van der Waals surface area contributed by atoms with Gasteiger partial charge in [0.15, 0.2) is 0 Å². The molecule has 5 N–H and O–H groups in total. The van der Waals surface area contributed by atoms with Crippen LogP contribution in [0.15, 0.2) is 12.5 Å². The molecule has 3 rings (SSSR count).